The van der Waals surface area contributed by atoms with Crippen LogP contribution in [0.5, 0.6) is 0 Å². The van der Waals surface area contributed by atoms with E-state index in [0.717, 1.165) is 0 Å². The quantitative estimate of drug-likeness (QED) is 0.755. The van der Waals surface area contributed by atoms with Gasteiger partial charge < -0.3 is 11.1 Å². The van der Waals surface area contributed by atoms with Gasteiger partial charge in [-0.2, -0.15) is 5.10 Å². The molecule has 0 radical (unpaired) electrons. The Hall–Kier alpha value is -1.96. The lowest BCUT2D eigenvalue weighted by atomic mass is 10.3. The second-order valence-corrected chi connectivity index (χ2v) is 3.69. The molecule has 82 valence electrons. The van der Waals surface area contributed by atoms with Gasteiger partial charge in [-0.1, -0.05) is 0 Å². The van der Waals surface area contributed by atoms with Crippen LogP contribution in [-0.2, 0) is 0 Å². The molecule has 1 amide bonds. The Morgan fingerprint density at radius 2 is 2.19 bits per heavy atom. The molecule has 2 aromatic heterocycles. The number of amides is 1. The molecule has 2 aromatic rings. The molecule has 2 heterocycles. The molecular weight excluding hydrogens is 276 g/mol. The van der Waals surface area contributed by atoms with Crippen molar-refractivity contribution >= 4 is 33.3 Å². The molecule has 0 spiro atoms. The van der Waals surface area contributed by atoms with E-state index in [2.05, 4.69) is 41.4 Å². The molecule has 8 heteroatoms. The minimum Gasteiger partial charge on any atom is -0.396 e. The van der Waals surface area contributed by atoms with Gasteiger partial charge in [-0.15, -0.1) is 0 Å². The van der Waals surface area contributed by atoms with Crippen LogP contribution >= 0.6 is 15.9 Å². The van der Waals surface area contributed by atoms with E-state index in [-0.39, 0.29) is 11.4 Å². The van der Waals surface area contributed by atoms with Crippen LogP contribution < -0.4 is 11.1 Å². The molecule has 0 bridgehead atoms. The number of nitrogen functional groups attached to an aromatic ring is 1. The van der Waals surface area contributed by atoms with Gasteiger partial charge in [0.05, 0.1) is 24.3 Å². The molecule has 4 N–H and O–H groups in total. The van der Waals surface area contributed by atoms with Crippen LogP contribution in [0, 0.1) is 0 Å². The first-order chi connectivity index (χ1) is 7.66. The van der Waals surface area contributed by atoms with Crippen molar-refractivity contribution in [2.24, 2.45) is 0 Å². The smallest absolute Gasteiger partial charge is 0.277 e. The van der Waals surface area contributed by atoms with Crippen LogP contribution in [-0.4, -0.2) is 26.1 Å². The first kappa shape index (κ1) is 10.6. The Labute approximate surface area is 98.6 Å². The number of H-pyrrole nitrogens is 1. The van der Waals surface area contributed by atoms with Crippen molar-refractivity contribution in [3.63, 3.8) is 0 Å². The predicted molar refractivity (Wildman–Crippen MR) is 60.7 cm³/mol. The maximum Gasteiger partial charge on any atom is 0.277 e. The van der Waals surface area contributed by atoms with Crippen LogP contribution in [0.15, 0.2) is 23.2 Å². The van der Waals surface area contributed by atoms with Gasteiger partial charge >= 0.3 is 0 Å². The summed E-state index contributed by atoms with van der Waals surface area (Å²) in [5.41, 5.74) is 6.00. The molecule has 0 aliphatic carbocycles. The van der Waals surface area contributed by atoms with Crippen molar-refractivity contribution in [3.8, 4) is 0 Å². The molecule has 0 aliphatic heterocycles. The van der Waals surface area contributed by atoms with E-state index in [1.807, 2.05) is 0 Å². The highest BCUT2D eigenvalue weighted by molar-refractivity contribution is 9.10. The summed E-state index contributed by atoms with van der Waals surface area (Å²) in [6.45, 7) is 0. The highest BCUT2D eigenvalue weighted by Gasteiger charge is 2.12. The fourth-order valence-corrected chi connectivity index (χ4v) is 1.24. The number of nitrogens with one attached hydrogen (secondary N) is 2. The van der Waals surface area contributed by atoms with Crippen LogP contribution in [0.3, 0.4) is 0 Å². The van der Waals surface area contributed by atoms with Gasteiger partial charge in [0, 0.05) is 0 Å². The van der Waals surface area contributed by atoms with E-state index in [1.165, 1.54) is 18.6 Å². The van der Waals surface area contributed by atoms with E-state index >= 15 is 0 Å². The zero-order chi connectivity index (χ0) is 11.5. The normalized spacial score (nSPS) is 10.1. The van der Waals surface area contributed by atoms with E-state index in [0.29, 0.717) is 10.4 Å². The van der Waals surface area contributed by atoms with Gasteiger partial charge in [0.1, 0.15) is 10.3 Å². The molecular formula is C8H7BrN6O. The molecule has 0 atom stereocenters. The third-order valence-electron chi connectivity index (χ3n) is 1.76. The molecule has 0 saturated heterocycles. The first-order valence-corrected chi connectivity index (χ1v) is 5.04. The van der Waals surface area contributed by atoms with Crippen molar-refractivity contribution in [2.45, 2.75) is 0 Å². The summed E-state index contributed by atoms with van der Waals surface area (Å²) in [4.78, 5) is 19.5. The summed E-state index contributed by atoms with van der Waals surface area (Å²) in [7, 11) is 0. The molecule has 16 heavy (non-hydrogen) atoms. The third kappa shape index (κ3) is 2.16. The van der Waals surface area contributed by atoms with Gasteiger partial charge in [-0.05, 0) is 15.9 Å². The van der Waals surface area contributed by atoms with E-state index in [9.17, 15) is 4.79 Å². The molecule has 0 fully saturated rings. The highest BCUT2D eigenvalue weighted by atomic mass is 79.9. The lowest BCUT2D eigenvalue weighted by Crippen LogP contribution is -2.15. The Balaban J connectivity index is 2.14. The first-order valence-electron chi connectivity index (χ1n) is 4.24. The maximum absolute atomic E-state index is 11.6. The summed E-state index contributed by atoms with van der Waals surface area (Å²) in [6, 6.07) is 0. The fraction of sp³-hybridized carbons (Fsp3) is 0. The monoisotopic (exact) mass is 282 g/mol. The number of hydrogen-bond acceptors (Lipinski definition) is 5. The third-order valence-corrected chi connectivity index (χ3v) is 2.17. The SMILES string of the molecule is Nc1cn[nH]c1C(=O)Nc1cnc(Br)cn1. The number of nitrogens with zero attached hydrogens (tertiary/aromatic N) is 3. The van der Waals surface area contributed by atoms with Crippen molar-refractivity contribution in [2.75, 3.05) is 11.1 Å². The van der Waals surface area contributed by atoms with Crippen LogP contribution in [0.1, 0.15) is 10.5 Å². The zero-order valence-electron chi connectivity index (χ0n) is 7.94. The minimum atomic E-state index is -0.411. The summed E-state index contributed by atoms with van der Waals surface area (Å²) in [5, 5.41) is 8.66. The molecule has 0 aromatic carbocycles. The van der Waals surface area contributed by atoms with Crippen molar-refractivity contribution in [1.29, 1.82) is 0 Å². The molecule has 0 unspecified atom stereocenters. The summed E-state index contributed by atoms with van der Waals surface area (Å²) in [6.07, 6.45) is 4.27. The van der Waals surface area contributed by atoms with Crippen molar-refractivity contribution in [3.05, 3.63) is 28.9 Å². The van der Waals surface area contributed by atoms with Gasteiger partial charge in [0.15, 0.2) is 5.82 Å². The lowest BCUT2D eigenvalue weighted by Gasteiger charge is -2.02. The average molecular weight is 283 g/mol. The molecule has 7 nitrogen and oxygen atoms in total. The van der Waals surface area contributed by atoms with E-state index in [1.54, 1.807) is 0 Å². The van der Waals surface area contributed by atoms with Crippen LogP contribution in [0.4, 0.5) is 11.5 Å². The minimum absolute atomic E-state index is 0.199. The van der Waals surface area contributed by atoms with Gasteiger partial charge in [0.2, 0.25) is 0 Å². The number of anilines is 2. The number of halogens is 1. The maximum atomic E-state index is 11.6. The number of aromatic nitrogens is 4. The van der Waals surface area contributed by atoms with Crippen molar-refractivity contribution in [1.82, 2.24) is 20.2 Å². The Kier molecular flexibility index (Phi) is 2.82. The standard InChI is InChI=1S/C8H7BrN6O/c9-5-2-12-6(3-11-5)14-8(16)7-4(10)1-13-15-7/h1-3H,10H2,(H,13,15)(H,12,14,16). The molecule has 0 aliphatic rings. The van der Waals surface area contributed by atoms with E-state index in [4.69, 9.17) is 5.73 Å². The largest absolute Gasteiger partial charge is 0.396 e. The lowest BCUT2D eigenvalue weighted by molar-refractivity contribution is 0.102. The van der Waals surface area contributed by atoms with E-state index < -0.39 is 5.91 Å². The topological polar surface area (TPSA) is 110 Å². The van der Waals surface area contributed by atoms with Crippen molar-refractivity contribution < 1.29 is 4.79 Å². The summed E-state index contributed by atoms with van der Waals surface area (Å²) in [5.74, 6) is -0.0752. The van der Waals surface area contributed by atoms with Gasteiger partial charge in [-0.3, -0.25) is 9.89 Å². The fourth-order valence-electron chi connectivity index (χ4n) is 1.03. The highest BCUT2D eigenvalue weighted by Crippen LogP contribution is 2.10. The molecule has 0 saturated carbocycles. The number of carbonyl (C=O) groups is 1. The van der Waals surface area contributed by atoms with Crippen LogP contribution in [0.25, 0.3) is 0 Å². The van der Waals surface area contributed by atoms with Gasteiger partial charge in [0.25, 0.3) is 5.91 Å². The average Bonchev–Trinajstić information content (AvgIpc) is 2.68. The Bertz CT molecular complexity index is 508. The van der Waals surface area contributed by atoms with Crippen LogP contribution in [0.2, 0.25) is 0 Å². The number of rotatable bonds is 2. The number of hydrogen-bond donors (Lipinski definition) is 3. The summed E-state index contributed by atoms with van der Waals surface area (Å²) >= 11 is 3.14. The number of carbonyl (C=O) groups excluding carboxylic acids is 1. The number of aromatic amines is 1. The second kappa shape index (κ2) is 4.27. The predicted octanol–water partition coefficient (Wildman–Crippen LogP) is 0.797. The zero-order valence-corrected chi connectivity index (χ0v) is 9.52. The Morgan fingerprint density at radius 1 is 1.38 bits per heavy atom. The second-order valence-electron chi connectivity index (χ2n) is 2.88. The molecule has 2 rings (SSSR count). The summed E-state index contributed by atoms with van der Waals surface area (Å²) < 4.78 is 0.589. The number of nitrogens with two attached hydrogens (primary N) is 1. The van der Waals surface area contributed by atoms with Gasteiger partial charge in [-0.25, -0.2) is 9.97 Å². The Morgan fingerprint density at radius 3 is 2.75 bits per heavy atom.